The van der Waals surface area contributed by atoms with Crippen LogP contribution in [0.2, 0.25) is 3.17 Å². The van der Waals surface area contributed by atoms with Crippen molar-refractivity contribution in [1.82, 2.24) is 4.90 Å². The first-order valence-electron chi connectivity index (χ1n) is 6.09. The summed E-state index contributed by atoms with van der Waals surface area (Å²) in [6, 6.07) is 0. The molecule has 0 aliphatic heterocycles. The van der Waals surface area contributed by atoms with Crippen molar-refractivity contribution in [3.8, 4) is 0 Å². The standard InChI is InChI=1S/C6H11.C5H11NS2.Na/c1-2-4-6-5-3-1;1-3-6(4-2)5(7)8;/h1H,2-6H2;3-4H2,1-2H3,(H,7,8);. The van der Waals surface area contributed by atoms with Gasteiger partial charge in [0.05, 0.1) is 0 Å². The van der Waals surface area contributed by atoms with Crippen molar-refractivity contribution < 1.29 is 0 Å². The molecule has 0 radical (unpaired) electrons. The van der Waals surface area contributed by atoms with Crippen molar-refractivity contribution in [2.75, 3.05) is 13.1 Å². The quantitative estimate of drug-likeness (QED) is 0.457. The second-order valence-electron chi connectivity index (χ2n) is 4.20. The average Bonchev–Trinajstić information content (AvgIpc) is 2.21. The van der Waals surface area contributed by atoms with E-state index in [1.165, 1.54) is 50.4 Å². The Labute approximate surface area is 123 Å². The number of hydrogen-bond donors (Lipinski definition) is 1. The van der Waals surface area contributed by atoms with Crippen molar-refractivity contribution >= 4 is 57.1 Å². The van der Waals surface area contributed by atoms with Crippen LogP contribution in [0, 0.1) is 0 Å². The SMILES string of the molecule is CCN(CC)C(=S)S.[Na][CH]1CCCCC1. The van der Waals surface area contributed by atoms with Crippen LogP contribution in [0.25, 0.3) is 0 Å². The van der Waals surface area contributed by atoms with E-state index in [1.54, 1.807) is 12.8 Å². The van der Waals surface area contributed by atoms with Gasteiger partial charge in [-0.25, -0.2) is 0 Å². The molecule has 0 aromatic heterocycles. The first kappa shape index (κ1) is 16.2. The summed E-state index contributed by atoms with van der Waals surface area (Å²) in [5.41, 5.74) is 0. The molecule has 15 heavy (non-hydrogen) atoms. The summed E-state index contributed by atoms with van der Waals surface area (Å²) in [5.74, 6) is 0. The molecular formula is C11H22NNaS2. The van der Waals surface area contributed by atoms with E-state index in [4.69, 9.17) is 12.2 Å². The zero-order valence-corrected chi connectivity index (χ0v) is 14.0. The van der Waals surface area contributed by atoms with Gasteiger partial charge in [0, 0.05) is 13.1 Å². The van der Waals surface area contributed by atoms with Gasteiger partial charge in [-0.1, -0.05) is 12.2 Å². The van der Waals surface area contributed by atoms with Crippen LogP contribution >= 0.6 is 24.8 Å². The van der Waals surface area contributed by atoms with Crippen LogP contribution in [0.4, 0.5) is 0 Å². The second-order valence-corrected chi connectivity index (χ2v) is 6.94. The van der Waals surface area contributed by atoms with Gasteiger partial charge in [-0.05, 0) is 13.8 Å². The number of nitrogens with zero attached hydrogens (tertiary/aromatic N) is 1. The Morgan fingerprint density at radius 2 is 1.73 bits per heavy atom. The summed E-state index contributed by atoms with van der Waals surface area (Å²) in [7, 11) is 0. The summed E-state index contributed by atoms with van der Waals surface area (Å²) >= 11 is 10.3. The molecule has 0 heterocycles. The van der Waals surface area contributed by atoms with Crippen LogP contribution < -0.4 is 0 Å². The summed E-state index contributed by atoms with van der Waals surface area (Å²) in [6.45, 7) is 6.04. The fourth-order valence-electron chi connectivity index (χ4n) is 1.80. The van der Waals surface area contributed by atoms with Gasteiger partial charge >= 0.3 is 63.2 Å². The van der Waals surface area contributed by atoms with E-state index in [9.17, 15) is 0 Å². The predicted molar refractivity (Wildman–Crippen MR) is 77.1 cm³/mol. The Hall–Kier alpha value is 1.24. The first-order valence-corrected chi connectivity index (χ1v) is 8.10. The molecule has 0 spiro atoms. The Morgan fingerprint density at radius 1 is 1.27 bits per heavy atom. The molecular weight excluding hydrogens is 233 g/mol. The van der Waals surface area contributed by atoms with Gasteiger partial charge in [0.15, 0.2) is 0 Å². The molecule has 0 aromatic rings. The van der Waals surface area contributed by atoms with Crippen molar-refractivity contribution in [3.05, 3.63) is 0 Å². The van der Waals surface area contributed by atoms with Gasteiger partial charge in [-0.15, -0.1) is 12.6 Å². The molecule has 1 nitrogen and oxygen atoms in total. The van der Waals surface area contributed by atoms with Gasteiger partial charge in [0.25, 0.3) is 0 Å². The third-order valence-electron chi connectivity index (χ3n) is 2.93. The summed E-state index contributed by atoms with van der Waals surface area (Å²) in [5, 5.41) is 0. The molecule has 0 atom stereocenters. The third-order valence-corrected chi connectivity index (χ3v) is 4.62. The van der Waals surface area contributed by atoms with Crippen LogP contribution in [0.15, 0.2) is 0 Å². The van der Waals surface area contributed by atoms with E-state index in [-0.39, 0.29) is 0 Å². The molecule has 1 aliphatic rings. The van der Waals surface area contributed by atoms with Crippen LogP contribution in [0.5, 0.6) is 0 Å². The fourth-order valence-corrected chi connectivity index (χ4v) is 3.16. The Bertz CT molecular complexity index is 166. The predicted octanol–water partition coefficient (Wildman–Crippen LogP) is 3.45. The molecule has 1 rings (SSSR count). The maximum atomic E-state index is 4.81. The van der Waals surface area contributed by atoms with E-state index in [2.05, 4.69) is 26.5 Å². The molecule has 1 fully saturated rings. The van der Waals surface area contributed by atoms with Crippen molar-refractivity contribution in [3.63, 3.8) is 0 Å². The van der Waals surface area contributed by atoms with Crippen molar-refractivity contribution in [2.45, 2.75) is 49.1 Å². The molecule has 0 amide bonds. The minimum absolute atomic E-state index is 0.690. The number of thiol groups is 1. The fraction of sp³-hybridized carbons (Fsp3) is 0.909. The van der Waals surface area contributed by atoms with E-state index in [0.29, 0.717) is 4.32 Å². The van der Waals surface area contributed by atoms with Gasteiger partial charge in [-0.3, -0.25) is 0 Å². The number of rotatable bonds is 2. The molecule has 0 saturated heterocycles. The summed E-state index contributed by atoms with van der Waals surface area (Å²) < 4.78 is 1.86. The molecule has 0 unspecified atom stereocenters. The zero-order chi connectivity index (χ0) is 11.7. The molecule has 1 aliphatic carbocycles. The van der Waals surface area contributed by atoms with Crippen LogP contribution in [-0.2, 0) is 0 Å². The average molecular weight is 255 g/mol. The zero-order valence-electron chi connectivity index (χ0n) is 10.3. The Kier molecular flexibility index (Phi) is 11.3. The molecule has 0 N–H and O–H groups in total. The molecule has 4 heteroatoms. The van der Waals surface area contributed by atoms with Crippen molar-refractivity contribution in [1.29, 1.82) is 0 Å². The number of thiocarbonyl (C=S) groups is 1. The topological polar surface area (TPSA) is 3.24 Å². The Morgan fingerprint density at radius 3 is 1.87 bits per heavy atom. The second kappa shape index (κ2) is 10.4. The van der Waals surface area contributed by atoms with Crippen molar-refractivity contribution in [2.24, 2.45) is 0 Å². The van der Waals surface area contributed by atoms with E-state index < -0.39 is 0 Å². The molecule has 1 saturated carbocycles. The third kappa shape index (κ3) is 8.99. The van der Waals surface area contributed by atoms with E-state index in [0.717, 1.165) is 13.1 Å². The van der Waals surface area contributed by atoms with Crippen LogP contribution in [0.3, 0.4) is 0 Å². The molecule has 0 bridgehead atoms. The van der Waals surface area contributed by atoms with Crippen LogP contribution in [0.1, 0.15) is 46.0 Å². The van der Waals surface area contributed by atoms with Crippen LogP contribution in [-0.4, -0.2) is 50.2 Å². The summed E-state index contributed by atoms with van der Waals surface area (Å²) in [6.07, 6.45) is 7.65. The van der Waals surface area contributed by atoms with E-state index >= 15 is 0 Å². The summed E-state index contributed by atoms with van der Waals surface area (Å²) in [4.78, 5) is 2.01. The van der Waals surface area contributed by atoms with Gasteiger partial charge < -0.3 is 4.90 Å². The minimum atomic E-state index is 0.690. The van der Waals surface area contributed by atoms with Gasteiger partial charge in [-0.2, -0.15) is 0 Å². The molecule has 0 aromatic carbocycles. The first-order chi connectivity index (χ1) is 7.11. The number of hydrogen-bond acceptors (Lipinski definition) is 1. The maximum absolute atomic E-state index is 4.81. The Balaban J connectivity index is 0.000000262. The van der Waals surface area contributed by atoms with E-state index in [1.807, 2.05) is 4.90 Å². The normalized spacial score (nSPS) is 16.6. The molecule has 84 valence electrons. The van der Waals surface area contributed by atoms with Gasteiger partial charge in [0.1, 0.15) is 4.32 Å². The van der Waals surface area contributed by atoms with Gasteiger partial charge in [0.2, 0.25) is 0 Å². The monoisotopic (exact) mass is 255 g/mol.